The van der Waals surface area contributed by atoms with Gasteiger partial charge in [-0.2, -0.15) is 0 Å². The van der Waals surface area contributed by atoms with Crippen LogP contribution in [-0.2, 0) is 0 Å². The Bertz CT molecular complexity index is 2520. The third-order valence-electron chi connectivity index (χ3n) is 9.00. The van der Waals surface area contributed by atoms with Gasteiger partial charge in [-0.1, -0.05) is 121 Å². The Hall–Kier alpha value is -6.65. The van der Waals surface area contributed by atoms with E-state index in [0.717, 1.165) is 72.3 Å². The summed E-state index contributed by atoms with van der Waals surface area (Å²) in [7, 11) is 0. The molecule has 0 unspecified atom stereocenters. The molecule has 0 saturated carbocycles. The zero-order chi connectivity index (χ0) is 32.6. The second-order valence-corrected chi connectivity index (χ2v) is 12.1. The van der Waals surface area contributed by atoms with Gasteiger partial charge in [0.2, 0.25) is 0 Å². The highest BCUT2D eigenvalue weighted by molar-refractivity contribution is 6.09. The molecule has 3 heterocycles. The van der Waals surface area contributed by atoms with Crippen molar-refractivity contribution in [1.82, 2.24) is 15.0 Å². The molecule has 0 bridgehead atoms. The highest BCUT2D eigenvalue weighted by Crippen LogP contribution is 2.40. The molecule has 4 nitrogen and oxygen atoms in total. The third-order valence-corrected chi connectivity index (χ3v) is 9.00. The first-order chi connectivity index (χ1) is 24.3. The Morgan fingerprint density at radius 3 is 1.69 bits per heavy atom. The summed E-state index contributed by atoms with van der Waals surface area (Å²) in [6.07, 6.45) is 3.59. The Balaban J connectivity index is 1.26. The van der Waals surface area contributed by atoms with Crippen molar-refractivity contribution in [2.24, 2.45) is 0 Å². The average molecular weight is 628 g/mol. The van der Waals surface area contributed by atoms with E-state index < -0.39 is 0 Å². The minimum absolute atomic E-state index is 0.670. The molecule has 0 N–H and O–H groups in total. The van der Waals surface area contributed by atoms with Gasteiger partial charge < -0.3 is 4.42 Å². The molecule has 0 aliphatic carbocycles. The second kappa shape index (κ2) is 12.2. The van der Waals surface area contributed by atoms with Crippen LogP contribution in [0.15, 0.2) is 181 Å². The number of hydrogen-bond acceptors (Lipinski definition) is 4. The summed E-state index contributed by atoms with van der Waals surface area (Å²) in [6, 6.07) is 56.8. The SMILES string of the molecule is c1ccc(-c2ccc(-c3cc(-c4cc(-c5ccncc5)nc(-c5ccccc5)n4)cc(-c4cccc5c4oc4ccccc45)c3)cc2)cc1. The molecule has 0 aliphatic rings. The number of benzene rings is 6. The first-order valence-electron chi connectivity index (χ1n) is 16.3. The normalized spacial score (nSPS) is 11.3. The van der Waals surface area contributed by atoms with E-state index in [1.165, 1.54) is 11.1 Å². The van der Waals surface area contributed by atoms with Crippen LogP contribution < -0.4 is 0 Å². The molecular weight excluding hydrogens is 599 g/mol. The summed E-state index contributed by atoms with van der Waals surface area (Å²) in [5.41, 5.74) is 13.0. The lowest BCUT2D eigenvalue weighted by Gasteiger charge is -2.14. The van der Waals surface area contributed by atoms with E-state index >= 15 is 0 Å². The van der Waals surface area contributed by atoms with Crippen molar-refractivity contribution < 1.29 is 4.42 Å². The molecule has 0 amide bonds. The Morgan fingerprint density at radius 1 is 0.367 bits per heavy atom. The summed E-state index contributed by atoms with van der Waals surface area (Å²) in [4.78, 5) is 14.4. The Morgan fingerprint density at radius 2 is 0.939 bits per heavy atom. The summed E-state index contributed by atoms with van der Waals surface area (Å²) >= 11 is 0. The predicted octanol–water partition coefficient (Wildman–Crippen LogP) is 11.8. The van der Waals surface area contributed by atoms with Gasteiger partial charge in [0.05, 0.1) is 11.4 Å². The van der Waals surface area contributed by atoms with Crippen molar-refractivity contribution in [2.45, 2.75) is 0 Å². The number of aromatic nitrogens is 3. The first-order valence-corrected chi connectivity index (χ1v) is 16.3. The predicted molar refractivity (Wildman–Crippen MR) is 200 cm³/mol. The summed E-state index contributed by atoms with van der Waals surface area (Å²) in [5.74, 6) is 0.670. The first kappa shape index (κ1) is 28.6. The largest absolute Gasteiger partial charge is 0.455 e. The molecule has 0 fully saturated rings. The summed E-state index contributed by atoms with van der Waals surface area (Å²) in [6.45, 7) is 0. The molecule has 49 heavy (non-hydrogen) atoms. The number of nitrogens with zero attached hydrogens (tertiary/aromatic N) is 3. The number of pyridine rings is 1. The van der Waals surface area contributed by atoms with Crippen molar-refractivity contribution in [3.63, 3.8) is 0 Å². The molecule has 9 rings (SSSR count). The van der Waals surface area contributed by atoms with Crippen LogP contribution in [0.25, 0.3) is 89.2 Å². The van der Waals surface area contributed by atoms with Gasteiger partial charge in [0.15, 0.2) is 5.82 Å². The van der Waals surface area contributed by atoms with Gasteiger partial charge in [-0.15, -0.1) is 0 Å². The molecule has 6 aromatic carbocycles. The van der Waals surface area contributed by atoms with Crippen LogP contribution in [0.1, 0.15) is 0 Å². The topological polar surface area (TPSA) is 51.8 Å². The zero-order valence-corrected chi connectivity index (χ0v) is 26.5. The summed E-state index contributed by atoms with van der Waals surface area (Å²) in [5, 5.41) is 2.21. The van der Waals surface area contributed by atoms with Crippen molar-refractivity contribution in [1.29, 1.82) is 0 Å². The van der Waals surface area contributed by atoms with Gasteiger partial charge in [0, 0.05) is 45.4 Å². The van der Waals surface area contributed by atoms with Crippen molar-refractivity contribution in [2.75, 3.05) is 0 Å². The monoisotopic (exact) mass is 627 g/mol. The van der Waals surface area contributed by atoms with E-state index in [0.29, 0.717) is 5.82 Å². The van der Waals surface area contributed by atoms with Crippen molar-refractivity contribution in [3.05, 3.63) is 176 Å². The number of hydrogen-bond donors (Lipinski definition) is 0. The number of furan rings is 1. The number of rotatable bonds is 6. The smallest absolute Gasteiger partial charge is 0.160 e. The quantitative estimate of drug-likeness (QED) is 0.184. The molecule has 0 radical (unpaired) electrons. The van der Waals surface area contributed by atoms with Crippen LogP contribution in [0.5, 0.6) is 0 Å². The zero-order valence-electron chi connectivity index (χ0n) is 26.5. The molecule has 9 aromatic rings. The molecule has 0 spiro atoms. The standard InChI is InChI=1S/C45H29N3O/c1-3-10-30(11-4-1)31-18-20-32(21-19-31)35-26-36(38-15-9-16-40-39-14-7-8-17-43(39)49-44(38)40)28-37(27-35)42-29-41(33-22-24-46-25-23-33)47-45(48-42)34-12-5-2-6-13-34/h1-29H. The van der Waals surface area contributed by atoms with Gasteiger partial charge in [0.1, 0.15) is 11.2 Å². The number of fused-ring (bicyclic) bond motifs is 3. The molecule has 3 aromatic heterocycles. The van der Waals surface area contributed by atoms with Crippen LogP contribution >= 0.6 is 0 Å². The fourth-order valence-electron chi connectivity index (χ4n) is 6.54. The Kier molecular flexibility index (Phi) is 7.10. The minimum atomic E-state index is 0.670. The maximum Gasteiger partial charge on any atom is 0.160 e. The second-order valence-electron chi connectivity index (χ2n) is 12.1. The maximum atomic E-state index is 6.52. The van der Waals surface area contributed by atoms with Crippen LogP contribution in [0, 0.1) is 0 Å². The van der Waals surface area contributed by atoms with E-state index in [1.807, 2.05) is 60.7 Å². The van der Waals surface area contributed by atoms with Crippen molar-refractivity contribution >= 4 is 21.9 Å². The molecule has 230 valence electrons. The van der Waals surface area contributed by atoms with Crippen LogP contribution in [0.3, 0.4) is 0 Å². The van der Waals surface area contributed by atoms with E-state index in [9.17, 15) is 0 Å². The van der Waals surface area contributed by atoms with Gasteiger partial charge in [-0.3, -0.25) is 4.98 Å². The van der Waals surface area contributed by atoms with Crippen LogP contribution in [0.4, 0.5) is 0 Å². The molecule has 0 saturated heterocycles. The van der Waals surface area contributed by atoms with Gasteiger partial charge in [-0.05, 0) is 70.3 Å². The number of para-hydroxylation sites is 2. The van der Waals surface area contributed by atoms with Crippen molar-refractivity contribution in [3.8, 4) is 67.3 Å². The molecule has 0 atom stereocenters. The minimum Gasteiger partial charge on any atom is -0.455 e. The van der Waals surface area contributed by atoms with E-state index in [-0.39, 0.29) is 0 Å². The van der Waals surface area contributed by atoms with E-state index in [1.54, 1.807) is 12.4 Å². The molecular formula is C45H29N3O. The fraction of sp³-hybridized carbons (Fsp3) is 0. The highest BCUT2D eigenvalue weighted by Gasteiger charge is 2.17. The fourth-order valence-corrected chi connectivity index (χ4v) is 6.54. The van der Waals surface area contributed by atoms with Gasteiger partial charge >= 0.3 is 0 Å². The lowest BCUT2D eigenvalue weighted by Crippen LogP contribution is -1.96. The highest BCUT2D eigenvalue weighted by atomic mass is 16.3. The van der Waals surface area contributed by atoms with Gasteiger partial charge in [0.25, 0.3) is 0 Å². The molecule has 4 heteroatoms. The maximum absolute atomic E-state index is 6.52. The third kappa shape index (κ3) is 5.45. The van der Waals surface area contributed by atoms with Crippen LogP contribution in [-0.4, -0.2) is 15.0 Å². The lowest BCUT2D eigenvalue weighted by molar-refractivity contribution is 0.670. The average Bonchev–Trinajstić information content (AvgIpc) is 3.58. The van der Waals surface area contributed by atoms with Crippen LogP contribution in [0.2, 0.25) is 0 Å². The molecule has 0 aliphatic heterocycles. The van der Waals surface area contributed by atoms with E-state index in [2.05, 4.69) is 108 Å². The van der Waals surface area contributed by atoms with E-state index in [4.69, 9.17) is 14.4 Å². The Labute approximate surface area is 284 Å². The van der Waals surface area contributed by atoms with Gasteiger partial charge in [-0.25, -0.2) is 9.97 Å². The summed E-state index contributed by atoms with van der Waals surface area (Å²) < 4.78 is 6.52. The lowest BCUT2D eigenvalue weighted by atomic mass is 9.93.